The molecule has 3 nitrogen and oxygen atoms in total. The summed E-state index contributed by atoms with van der Waals surface area (Å²) in [5.41, 5.74) is 0. The maximum Gasteiger partial charge on any atom is 0.380 e. The molecule has 0 aliphatic carbocycles. The summed E-state index contributed by atoms with van der Waals surface area (Å²) >= 11 is 0. The molecule has 0 saturated heterocycles. The van der Waals surface area contributed by atoms with E-state index in [9.17, 15) is 4.79 Å². The quantitative estimate of drug-likeness (QED) is 0.297. The van der Waals surface area contributed by atoms with Gasteiger partial charge in [-0.05, 0) is 15.6 Å². The fraction of sp³-hybridized carbons (Fsp3) is 0.0476. The van der Waals surface area contributed by atoms with E-state index in [0.717, 1.165) is 15.6 Å². The van der Waals surface area contributed by atoms with Gasteiger partial charge in [0, 0.05) is 6.92 Å². The van der Waals surface area contributed by atoms with E-state index in [2.05, 4.69) is 41.6 Å². The zero-order valence-corrected chi connectivity index (χ0v) is 15.0. The summed E-state index contributed by atoms with van der Waals surface area (Å²) in [6.07, 6.45) is 1.23. The van der Waals surface area contributed by atoms with Gasteiger partial charge < -0.3 is 4.53 Å². The molecule has 0 aliphatic heterocycles. The van der Waals surface area contributed by atoms with E-state index in [1.54, 1.807) is 0 Å². The molecule has 124 valence electrons. The fourth-order valence-corrected chi connectivity index (χ4v) is 6.37. The Morgan fingerprint density at radius 2 is 1.12 bits per heavy atom. The predicted molar refractivity (Wildman–Crippen MR) is 104 cm³/mol. The summed E-state index contributed by atoms with van der Waals surface area (Å²) in [4.78, 5) is 11.3. The van der Waals surface area contributed by atoms with Crippen LogP contribution in [0.25, 0.3) is 0 Å². The standard InChI is InChI=1S/C21H19NO2Si/c1-18(23)17-22-24-25(19-11-5-2-6-12-19,20-13-7-3-8-14-20)21-15-9-4-10-16-21/h2-17H,1H3. The van der Waals surface area contributed by atoms with Gasteiger partial charge in [0.2, 0.25) is 0 Å². The van der Waals surface area contributed by atoms with Crippen LogP contribution in [0.1, 0.15) is 6.92 Å². The van der Waals surface area contributed by atoms with E-state index >= 15 is 0 Å². The van der Waals surface area contributed by atoms with Crippen LogP contribution >= 0.6 is 0 Å². The Kier molecular flexibility index (Phi) is 5.21. The molecule has 0 heterocycles. The molecule has 0 saturated carbocycles. The Balaban J connectivity index is 2.25. The third-order valence-corrected chi connectivity index (χ3v) is 7.78. The van der Waals surface area contributed by atoms with E-state index in [-0.39, 0.29) is 5.78 Å². The van der Waals surface area contributed by atoms with Gasteiger partial charge in [-0.2, -0.15) is 0 Å². The van der Waals surface area contributed by atoms with Crippen LogP contribution in [0.3, 0.4) is 0 Å². The average molecular weight is 345 g/mol. The lowest BCUT2D eigenvalue weighted by molar-refractivity contribution is -0.110. The van der Waals surface area contributed by atoms with Crippen LogP contribution in [0.2, 0.25) is 0 Å². The second kappa shape index (κ2) is 7.72. The molecule has 0 radical (unpaired) electrons. The Morgan fingerprint density at radius 1 is 0.760 bits per heavy atom. The van der Waals surface area contributed by atoms with Crippen molar-refractivity contribution in [3.63, 3.8) is 0 Å². The summed E-state index contributed by atoms with van der Waals surface area (Å²) < 4.78 is 6.19. The minimum absolute atomic E-state index is 0.142. The normalized spacial score (nSPS) is 11.4. The maximum absolute atomic E-state index is 11.3. The van der Waals surface area contributed by atoms with Gasteiger partial charge in [0.15, 0.2) is 5.78 Å². The van der Waals surface area contributed by atoms with E-state index < -0.39 is 8.32 Å². The number of benzene rings is 3. The highest BCUT2D eigenvalue weighted by Gasteiger charge is 2.44. The van der Waals surface area contributed by atoms with Gasteiger partial charge in [0.1, 0.15) is 6.21 Å². The minimum atomic E-state index is -2.84. The average Bonchev–Trinajstić information content (AvgIpc) is 2.67. The van der Waals surface area contributed by atoms with Gasteiger partial charge in [0.05, 0.1) is 0 Å². The van der Waals surface area contributed by atoms with E-state index in [1.807, 2.05) is 54.6 Å². The van der Waals surface area contributed by atoms with Crippen molar-refractivity contribution in [2.45, 2.75) is 6.92 Å². The lowest BCUT2D eigenvalue weighted by Crippen LogP contribution is -2.68. The molecule has 0 aliphatic rings. The molecule has 25 heavy (non-hydrogen) atoms. The first kappa shape index (κ1) is 16.9. The predicted octanol–water partition coefficient (Wildman–Crippen LogP) is 2.24. The largest absolute Gasteiger partial charge is 0.438 e. The highest BCUT2D eigenvalue weighted by atomic mass is 28.4. The van der Waals surface area contributed by atoms with Crippen molar-refractivity contribution < 1.29 is 9.32 Å². The van der Waals surface area contributed by atoms with Crippen LogP contribution in [-0.4, -0.2) is 20.3 Å². The van der Waals surface area contributed by atoms with E-state index in [1.165, 1.54) is 13.1 Å². The van der Waals surface area contributed by atoms with Crippen LogP contribution < -0.4 is 15.6 Å². The molecule has 3 aromatic rings. The van der Waals surface area contributed by atoms with Crippen molar-refractivity contribution >= 4 is 35.9 Å². The van der Waals surface area contributed by atoms with Gasteiger partial charge in [-0.25, -0.2) is 0 Å². The summed E-state index contributed by atoms with van der Waals surface area (Å²) in [6, 6.07) is 30.3. The van der Waals surface area contributed by atoms with Crippen LogP contribution in [0, 0.1) is 0 Å². The number of carbonyl (C=O) groups is 1. The number of carbonyl (C=O) groups excluding carboxylic acids is 1. The SMILES string of the molecule is CC(=O)C=NO[Si](c1ccccc1)(c1ccccc1)c1ccccc1. The number of hydrogen-bond donors (Lipinski definition) is 0. The summed E-state index contributed by atoms with van der Waals surface area (Å²) in [5, 5.41) is 7.29. The maximum atomic E-state index is 11.3. The molecule has 0 bridgehead atoms. The first-order valence-electron chi connectivity index (χ1n) is 8.12. The topological polar surface area (TPSA) is 38.7 Å². The van der Waals surface area contributed by atoms with Crippen molar-refractivity contribution in [2.75, 3.05) is 0 Å². The number of ketones is 1. The second-order valence-electron chi connectivity index (χ2n) is 5.72. The van der Waals surface area contributed by atoms with E-state index in [4.69, 9.17) is 4.53 Å². The van der Waals surface area contributed by atoms with Gasteiger partial charge >= 0.3 is 8.32 Å². The van der Waals surface area contributed by atoms with Gasteiger partial charge in [-0.1, -0.05) is 91.0 Å². The molecule has 0 fully saturated rings. The molecule has 0 atom stereocenters. The zero-order chi connectivity index (χ0) is 17.5. The number of nitrogens with zero attached hydrogens (tertiary/aromatic N) is 1. The Bertz CT molecular complexity index is 752. The number of Topliss-reactive ketones (excluding diaryl/α,β-unsaturated/α-hetero) is 1. The molecule has 0 N–H and O–H groups in total. The monoisotopic (exact) mass is 345 g/mol. The highest BCUT2D eigenvalue weighted by molar-refractivity contribution is 7.07. The van der Waals surface area contributed by atoms with Gasteiger partial charge in [-0.15, -0.1) is 5.16 Å². The van der Waals surface area contributed by atoms with Crippen molar-refractivity contribution in [3.05, 3.63) is 91.0 Å². The summed E-state index contributed by atoms with van der Waals surface area (Å²) in [6.45, 7) is 1.46. The van der Waals surface area contributed by atoms with Crippen LogP contribution in [0.5, 0.6) is 0 Å². The molecule has 4 heteroatoms. The first-order chi connectivity index (χ1) is 12.2. The second-order valence-corrected chi connectivity index (χ2v) is 8.99. The molecule has 3 rings (SSSR count). The summed E-state index contributed by atoms with van der Waals surface area (Å²) in [7, 11) is -2.84. The van der Waals surface area contributed by atoms with Gasteiger partial charge in [0.25, 0.3) is 0 Å². The Labute approximate surface area is 148 Å². The third-order valence-electron chi connectivity index (χ3n) is 3.97. The highest BCUT2D eigenvalue weighted by Crippen LogP contribution is 2.10. The number of oxime groups is 1. The lowest BCUT2D eigenvalue weighted by atomic mass is 10.3. The van der Waals surface area contributed by atoms with Gasteiger partial charge in [-0.3, -0.25) is 4.79 Å². The van der Waals surface area contributed by atoms with Crippen LogP contribution in [-0.2, 0) is 9.32 Å². The zero-order valence-electron chi connectivity index (χ0n) is 14.0. The first-order valence-corrected chi connectivity index (χ1v) is 10.0. The summed E-state index contributed by atoms with van der Waals surface area (Å²) in [5.74, 6) is -0.142. The molecule has 0 aromatic heterocycles. The third kappa shape index (κ3) is 3.59. The molecule has 0 spiro atoms. The molecule has 0 unspecified atom stereocenters. The Morgan fingerprint density at radius 3 is 1.44 bits per heavy atom. The smallest absolute Gasteiger partial charge is 0.380 e. The molecular formula is C21H19NO2Si. The van der Waals surface area contributed by atoms with Crippen molar-refractivity contribution in [1.82, 2.24) is 0 Å². The fourth-order valence-electron chi connectivity index (χ4n) is 2.86. The number of rotatable bonds is 6. The van der Waals surface area contributed by atoms with Crippen LogP contribution in [0.4, 0.5) is 0 Å². The van der Waals surface area contributed by atoms with E-state index in [0.29, 0.717) is 0 Å². The molecule has 3 aromatic carbocycles. The van der Waals surface area contributed by atoms with Crippen LogP contribution in [0.15, 0.2) is 96.2 Å². The molecule has 0 amide bonds. The van der Waals surface area contributed by atoms with Crippen molar-refractivity contribution in [1.29, 1.82) is 0 Å². The Hall–Kier alpha value is -2.98. The van der Waals surface area contributed by atoms with Crippen molar-refractivity contribution in [3.8, 4) is 0 Å². The van der Waals surface area contributed by atoms with Crippen molar-refractivity contribution in [2.24, 2.45) is 5.16 Å². The lowest BCUT2D eigenvalue weighted by Gasteiger charge is -2.29. The molecular weight excluding hydrogens is 326 g/mol. The number of hydrogen-bond acceptors (Lipinski definition) is 3. The minimum Gasteiger partial charge on any atom is -0.438 e.